The summed E-state index contributed by atoms with van der Waals surface area (Å²) in [5.41, 5.74) is 1.88. The van der Waals surface area contributed by atoms with Crippen LogP contribution in [0.25, 0.3) is 0 Å². The van der Waals surface area contributed by atoms with Crippen molar-refractivity contribution in [2.24, 2.45) is 11.0 Å². The zero-order valence-electron chi connectivity index (χ0n) is 16.4. The highest BCUT2D eigenvalue weighted by Crippen LogP contribution is 2.34. The fourth-order valence-corrected chi connectivity index (χ4v) is 4.66. The SMILES string of the molecule is C/C(Cl)=C(\C=N/N(C=O)PI)C1CCc2c(nnn2Cc2ccccc2C(F)(F)F)C1. The fraction of sp³-hybridized carbons (Fsp3) is 0.368. The van der Waals surface area contributed by atoms with Crippen LogP contribution in [0.2, 0.25) is 0 Å². The molecular formula is C19H19ClF3IN5OP. The molecule has 6 nitrogen and oxygen atoms in total. The fourth-order valence-electron chi connectivity index (χ4n) is 3.60. The van der Waals surface area contributed by atoms with Crippen LogP contribution in [-0.4, -0.2) is 32.4 Å². The Hall–Kier alpha value is -1.52. The number of carbonyl (C=O) groups excluding carboxylic acids is 1. The first-order chi connectivity index (χ1) is 14.7. The molecule has 2 aromatic rings. The molecule has 1 heterocycles. The second-order valence-electron chi connectivity index (χ2n) is 7.00. The summed E-state index contributed by atoms with van der Waals surface area (Å²) in [6.07, 6.45) is -0.129. The lowest BCUT2D eigenvalue weighted by Gasteiger charge is -2.23. The van der Waals surface area contributed by atoms with Gasteiger partial charge in [0.15, 0.2) is 0 Å². The Kier molecular flexibility index (Phi) is 8.09. The van der Waals surface area contributed by atoms with Crippen LogP contribution in [0.5, 0.6) is 0 Å². The van der Waals surface area contributed by atoms with Crippen molar-refractivity contribution in [3.63, 3.8) is 0 Å². The number of aromatic nitrogens is 3. The number of allylic oxidation sites excluding steroid dienone is 2. The predicted molar refractivity (Wildman–Crippen MR) is 123 cm³/mol. The van der Waals surface area contributed by atoms with Crippen LogP contribution in [0.3, 0.4) is 0 Å². The molecule has 1 aromatic heterocycles. The molecule has 0 saturated heterocycles. The van der Waals surface area contributed by atoms with Crippen LogP contribution >= 0.6 is 40.0 Å². The van der Waals surface area contributed by atoms with E-state index in [1.807, 2.05) is 0 Å². The number of hydrogen-bond donors (Lipinski definition) is 0. The molecule has 12 heteroatoms. The molecule has 0 saturated carbocycles. The minimum absolute atomic E-state index is 0.00620. The van der Waals surface area contributed by atoms with E-state index in [1.165, 1.54) is 16.9 Å². The lowest BCUT2D eigenvalue weighted by molar-refractivity contribution is -0.138. The quantitative estimate of drug-likeness (QED) is 0.145. The van der Waals surface area contributed by atoms with Crippen LogP contribution < -0.4 is 0 Å². The lowest BCUT2D eigenvalue weighted by Crippen LogP contribution is -2.20. The van der Waals surface area contributed by atoms with Gasteiger partial charge in [0.2, 0.25) is 6.41 Å². The van der Waals surface area contributed by atoms with Crippen LogP contribution in [0.1, 0.15) is 35.9 Å². The van der Waals surface area contributed by atoms with Gasteiger partial charge >= 0.3 is 6.18 Å². The van der Waals surface area contributed by atoms with Crippen molar-refractivity contribution in [2.75, 3.05) is 0 Å². The number of nitrogens with zero attached hydrogens (tertiary/aromatic N) is 5. The van der Waals surface area contributed by atoms with Gasteiger partial charge in [0.1, 0.15) is 0 Å². The van der Waals surface area contributed by atoms with E-state index in [2.05, 4.69) is 37.5 Å². The molecule has 0 aliphatic heterocycles. The van der Waals surface area contributed by atoms with E-state index in [4.69, 9.17) is 11.6 Å². The summed E-state index contributed by atoms with van der Waals surface area (Å²) in [4.78, 5) is 11.0. The van der Waals surface area contributed by atoms with Gasteiger partial charge in [-0.3, -0.25) is 4.79 Å². The Bertz CT molecular complexity index is 1010. The van der Waals surface area contributed by atoms with Crippen LogP contribution in [0, 0.1) is 5.92 Å². The minimum Gasteiger partial charge on any atom is -0.276 e. The number of benzene rings is 1. The van der Waals surface area contributed by atoms with Gasteiger partial charge in [0, 0.05) is 11.5 Å². The van der Waals surface area contributed by atoms with E-state index in [9.17, 15) is 18.0 Å². The van der Waals surface area contributed by atoms with Gasteiger partial charge in [-0.2, -0.15) is 18.3 Å². The molecule has 166 valence electrons. The van der Waals surface area contributed by atoms with Gasteiger partial charge in [-0.15, -0.1) is 5.10 Å². The monoisotopic (exact) mass is 583 g/mol. The molecule has 1 aliphatic rings. The summed E-state index contributed by atoms with van der Waals surface area (Å²) in [5.74, 6) is 0.0346. The molecule has 3 rings (SSSR count). The van der Waals surface area contributed by atoms with Gasteiger partial charge in [0.25, 0.3) is 0 Å². The van der Waals surface area contributed by atoms with Crippen molar-refractivity contribution in [2.45, 2.75) is 38.9 Å². The van der Waals surface area contributed by atoms with Crippen LogP contribution in [0.15, 0.2) is 40.0 Å². The summed E-state index contributed by atoms with van der Waals surface area (Å²) < 4.78 is 42.8. The maximum atomic E-state index is 13.3. The Morgan fingerprint density at radius 2 is 2.19 bits per heavy atom. The molecule has 31 heavy (non-hydrogen) atoms. The Labute approximate surface area is 197 Å². The molecule has 1 aromatic carbocycles. The summed E-state index contributed by atoms with van der Waals surface area (Å²) in [7, 11) is 0. The molecule has 2 atom stereocenters. The largest absolute Gasteiger partial charge is 0.416 e. The highest BCUT2D eigenvalue weighted by molar-refractivity contribution is 14.2. The first-order valence-electron chi connectivity index (χ1n) is 9.32. The van der Waals surface area contributed by atoms with Crippen molar-refractivity contribution in [3.8, 4) is 0 Å². The summed E-state index contributed by atoms with van der Waals surface area (Å²) in [6.45, 7) is 1.77. The average molecular weight is 584 g/mol. The lowest BCUT2D eigenvalue weighted by atomic mass is 9.84. The van der Waals surface area contributed by atoms with E-state index >= 15 is 0 Å². The first kappa shape index (κ1) is 24.1. The van der Waals surface area contributed by atoms with E-state index in [0.717, 1.165) is 29.4 Å². The predicted octanol–water partition coefficient (Wildman–Crippen LogP) is 5.35. The molecule has 1 amide bonds. The summed E-state index contributed by atoms with van der Waals surface area (Å²) >= 11 is 8.34. The second-order valence-corrected chi connectivity index (χ2v) is 9.64. The second kappa shape index (κ2) is 10.4. The number of halogens is 5. The normalized spacial score (nSPS) is 17.8. The van der Waals surface area contributed by atoms with Gasteiger partial charge in [-0.05, 0) is 64.9 Å². The highest BCUT2D eigenvalue weighted by Gasteiger charge is 2.33. The van der Waals surface area contributed by atoms with Crippen molar-refractivity contribution < 1.29 is 18.0 Å². The average Bonchev–Trinajstić information content (AvgIpc) is 3.12. The third-order valence-corrected chi connectivity index (χ3v) is 7.17. The Balaban J connectivity index is 1.81. The number of fused-ring (bicyclic) bond motifs is 1. The molecule has 2 unspecified atom stereocenters. The molecule has 1 aliphatic carbocycles. The molecular weight excluding hydrogens is 565 g/mol. The number of hydrogen-bond acceptors (Lipinski definition) is 4. The van der Waals surface area contributed by atoms with Crippen molar-refractivity contribution in [3.05, 3.63) is 57.4 Å². The van der Waals surface area contributed by atoms with E-state index in [1.54, 1.807) is 23.9 Å². The van der Waals surface area contributed by atoms with Crippen molar-refractivity contribution in [1.29, 1.82) is 0 Å². The van der Waals surface area contributed by atoms with E-state index < -0.39 is 11.7 Å². The third kappa shape index (κ3) is 5.84. The summed E-state index contributed by atoms with van der Waals surface area (Å²) in [5, 5.41) is 13.1. The molecule has 0 bridgehead atoms. The zero-order valence-corrected chi connectivity index (χ0v) is 20.3. The van der Waals surface area contributed by atoms with Gasteiger partial charge in [-0.1, -0.05) is 35.0 Å². The molecule has 0 N–H and O–H groups in total. The minimum atomic E-state index is -4.42. The number of hydrazone groups is 1. The Morgan fingerprint density at radius 3 is 2.84 bits per heavy atom. The van der Waals surface area contributed by atoms with E-state index in [0.29, 0.717) is 24.3 Å². The smallest absolute Gasteiger partial charge is 0.276 e. The maximum absolute atomic E-state index is 13.3. The van der Waals surface area contributed by atoms with Crippen molar-refractivity contribution >= 4 is 52.6 Å². The number of alkyl halides is 3. The Morgan fingerprint density at radius 1 is 1.45 bits per heavy atom. The van der Waals surface area contributed by atoms with Crippen LogP contribution in [-0.2, 0) is 30.4 Å². The highest BCUT2D eigenvalue weighted by atomic mass is 127. The third-order valence-electron chi connectivity index (χ3n) is 5.08. The zero-order chi connectivity index (χ0) is 22.6. The van der Waals surface area contributed by atoms with E-state index in [-0.39, 0.29) is 24.4 Å². The summed E-state index contributed by atoms with van der Waals surface area (Å²) in [6, 6.07) is 5.50. The van der Waals surface area contributed by atoms with Crippen molar-refractivity contribution in [1.82, 2.24) is 19.8 Å². The number of amides is 1. The standard InChI is InChI=1S/C19H19ClF3IN5OP/c1-12(20)15(9-25-29(11-30)31-24)13-6-7-18-17(8-13)26-27-28(18)10-14-4-2-3-5-16(14)19(21,22)23/h2-5,9,11,13,31H,6-8,10H2,1H3/b15-12-,25-9-. The van der Waals surface area contributed by atoms with Gasteiger partial charge in [0.05, 0.1) is 36.1 Å². The van der Waals surface area contributed by atoms with Crippen LogP contribution in [0.4, 0.5) is 13.2 Å². The molecule has 0 spiro atoms. The first-order valence-corrected chi connectivity index (χ1v) is 13.8. The number of rotatable bonds is 7. The molecule has 0 radical (unpaired) electrons. The molecule has 0 fully saturated rings. The van der Waals surface area contributed by atoms with Gasteiger partial charge < -0.3 is 0 Å². The van der Waals surface area contributed by atoms with Gasteiger partial charge in [-0.25, -0.2) is 9.46 Å². The topological polar surface area (TPSA) is 63.4 Å². The maximum Gasteiger partial charge on any atom is 0.416 e. The number of carbonyl (C=O) groups is 1.